The highest BCUT2D eigenvalue weighted by Crippen LogP contribution is 2.27. The van der Waals surface area contributed by atoms with Crippen LogP contribution in [-0.4, -0.2) is 31.6 Å². The van der Waals surface area contributed by atoms with E-state index in [0.717, 1.165) is 4.57 Å². The molecule has 0 saturated heterocycles. The third kappa shape index (κ3) is 3.98. The van der Waals surface area contributed by atoms with Crippen LogP contribution in [0.4, 0.5) is 13.2 Å². The summed E-state index contributed by atoms with van der Waals surface area (Å²) >= 11 is 5.24. The number of halogens is 3. The van der Waals surface area contributed by atoms with Crippen LogP contribution in [0.5, 0.6) is 0 Å². The van der Waals surface area contributed by atoms with Gasteiger partial charge in [-0.05, 0) is 48.6 Å². The number of H-pyrrole nitrogens is 1. The van der Waals surface area contributed by atoms with Crippen molar-refractivity contribution in [3.8, 4) is 5.69 Å². The SMILES string of the molecule is C[C@@H](CNC(=O)c1c[nH]c(=S)n1-c1ccc(F)cc1)c1nc2ccccc2n1C(F)F. The zero-order chi connectivity index (χ0) is 22.1. The molecule has 0 bridgehead atoms. The van der Waals surface area contributed by atoms with Gasteiger partial charge >= 0.3 is 6.55 Å². The van der Waals surface area contributed by atoms with Crippen molar-refractivity contribution in [3.05, 3.63) is 76.8 Å². The number of fused-ring (bicyclic) bond motifs is 1. The predicted octanol–water partition coefficient (Wildman–Crippen LogP) is 4.95. The summed E-state index contributed by atoms with van der Waals surface area (Å²) in [5, 5.41) is 2.74. The van der Waals surface area contributed by atoms with Crippen molar-refractivity contribution in [1.82, 2.24) is 24.4 Å². The molecule has 2 heterocycles. The summed E-state index contributed by atoms with van der Waals surface area (Å²) in [6.07, 6.45) is 1.44. The van der Waals surface area contributed by atoms with E-state index < -0.39 is 24.2 Å². The lowest BCUT2D eigenvalue weighted by atomic mass is 10.1. The van der Waals surface area contributed by atoms with Gasteiger partial charge in [-0.3, -0.25) is 13.9 Å². The van der Waals surface area contributed by atoms with Crippen LogP contribution in [0.2, 0.25) is 0 Å². The zero-order valence-corrected chi connectivity index (χ0v) is 17.2. The largest absolute Gasteiger partial charge is 0.350 e. The molecule has 0 aliphatic heterocycles. The number of hydrogen-bond donors (Lipinski definition) is 2. The molecular formula is C21H18F3N5OS. The number of amides is 1. The van der Waals surface area contributed by atoms with E-state index in [4.69, 9.17) is 12.2 Å². The van der Waals surface area contributed by atoms with Gasteiger partial charge in [0.2, 0.25) is 0 Å². The number of aromatic nitrogens is 4. The van der Waals surface area contributed by atoms with Gasteiger partial charge < -0.3 is 10.3 Å². The van der Waals surface area contributed by atoms with Crippen molar-refractivity contribution in [2.24, 2.45) is 0 Å². The van der Waals surface area contributed by atoms with Crippen molar-refractivity contribution in [3.63, 3.8) is 0 Å². The molecule has 1 atom stereocenters. The number of para-hydroxylation sites is 2. The molecule has 6 nitrogen and oxygen atoms in total. The highest BCUT2D eigenvalue weighted by atomic mass is 32.1. The first kappa shape index (κ1) is 20.9. The van der Waals surface area contributed by atoms with Gasteiger partial charge in [-0.15, -0.1) is 0 Å². The Kier molecular flexibility index (Phi) is 5.64. The second kappa shape index (κ2) is 8.38. The summed E-state index contributed by atoms with van der Waals surface area (Å²) in [5.74, 6) is -1.16. The zero-order valence-electron chi connectivity index (χ0n) is 16.3. The van der Waals surface area contributed by atoms with Crippen LogP contribution in [0, 0.1) is 10.6 Å². The normalized spacial score (nSPS) is 12.4. The predicted molar refractivity (Wildman–Crippen MR) is 113 cm³/mol. The smallest absolute Gasteiger partial charge is 0.320 e. The van der Waals surface area contributed by atoms with Crippen LogP contribution in [0.15, 0.2) is 54.7 Å². The number of nitrogens with zero attached hydrogens (tertiary/aromatic N) is 3. The van der Waals surface area contributed by atoms with Crippen LogP contribution in [0.3, 0.4) is 0 Å². The molecule has 4 aromatic rings. The lowest BCUT2D eigenvalue weighted by Crippen LogP contribution is -2.30. The number of aromatic amines is 1. The van der Waals surface area contributed by atoms with E-state index in [9.17, 15) is 18.0 Å². The first-order valence-corrected chi connectivity index (χ1v) is 9.87. The second-order valence-electron chi connectivity index (χ2n) is 7.01. The van der Waals surface area contributed by atoms with Gasteiger partial charge in [0.05, 0.1) is 11.0 Å². The molecule has 0 aliphatic carbocycles. The number of imidazole rings is 2. The maximum atomic E-state index is 13.7. The van der Waals surface area contributed by atoms with E-state index in [1.165, 1.54) is 35.0 Å². The Morgan fingerprint density at radius 2 is 1.90 bits per heavy atom. The molecule has 4 rings (SSSR count). The molecule has 0 fully saturated rings. The Hall–Kier alpha value is -3.40. The minimum atomic E-state index is -2.76. The standard InChI is InChI=1S/C21H18F3N5OS/c1-12(18-27-15-4-2-3-5-16(15)29(18)20(23)24)10-25-19(30)17-11-26-21(31)28(17)14-8-6-13(22)7-9-14/h2-9,11-12,20H,10H2,1H3,(H,25,30)(H,26,31)/t12-/m0/s1. The summed E-state index contributed by atoms with van der Waals surface area (Å²) in [7, 11) is 0. The average Bonchev–Trinajstić information content (AvgIpc) is 3.33. The van der Waals surface area contributed by atoms with Crippen molar-refractivity contribution >= 4 is 29.2 Å². The summed E-state index contributed by atoms with van der Waals surface area (Å²) in [5.41, 5.74) is 1.53. The number of alkyl halides is 2. The van der Waals surface area contributed by atoms with Crippen molar-refractivity contribution < 1.29 is 18.0 Å². The first-order chi connectivity index (χ1) is 14.9. The van der Waals surface area contributed by atoms with E-state index in [-0.39, 0.29) is 22.8 Å². The fourth-order valence-electron chi connectivity index (χ4n) is 3.43. The lowest BCUT2D eigenvalue weighted by molar-refractivity contribution is 0.0703. The Balaban J connectivity index is 1.57. The number of carbonyl (C=O) groups is 1. The highest BCUT2D eigenvalue weighted by Gasteiger charge is 2.23. The molecular weight excluding hydrogens is 427 g/mol. The maximum absolute atomic E-state index is 13.7. The van der Waals surface area contributed by atoms with E-state index in [0.29, 0.717) is 16.7 Å². The summed E-state index contributed by atoms with van der Waals surface area (Å²) < 4.78 is 43.2. The summed E-state index contributed by atoms with van der Waals surface area (Å²) in [6.45, 7) is -0.964. The molecule has 0 unspecified atom stereocenters. The molecule has 160 valence electrons. The number of hydrogen-bond acceptors (Lipinski definition) is 3. The third-order valence-electron chi connectivity index (χ3n) is 4.92. The monoisotopic (exact) mass is 445 g/mol. The van der Waals surface area contributed by atoms with Crippen LogP contribution >= 0.6 is 12.2 Å². The van der Waals surface area contributed by atoms with E-state index in [1.807, 2.05) is 0 Å². The van der Waals surface area contributed by atoms with Gasteiger partial charge in [0, 0.05) is 24.3 Å². The van der Waals surface area contributed by atoms with Gasteiger partial charge in [-0.2, -0.15) is 8.78 Å². The Morgan fingerprint density at radius 1 is 1.19 bits per heavy atom. The number of benzene rings is 2. The van der Waals surface area contributed by atoms with Crippen LogP contribution in [-0.2, 0) is 0 Å². The van der Waals surface area contributed by atoms with Crippen molar-refractivity contribution in [1.29, 1.82) is 0 Å². The van der Waals surface area contributed by atoms with Crippen molar-refractivity contribution in [2.75, 3.05) is 6.54 Å². The fraction of sp³-hybridized carbons (Fsp3) is 0.190. The molecule has 31 heavy (non-hydrogen) atoms. The van der Waals surface area contributed by atoms with Gasteiger partial charge in [-0.25, -0.2) is 9.37 Å². The molecule has 2 aromatic carbocycles. The minimum Gasteiger partial charge on any atom is -0.350 e. The molecule has 0 spiro atoms. The van der Waals surface area contributed by atoms with Crippen LogP contribution in [0.1, 0.15) is 35.7 Å². The molecule has 0 aliphatic rings. The quantitative estimate of drug-likeness (QED) is 0.413. The molecule has 0 saturated carbocycles. The van der Waals surface area contributed by atoms with Crippen LogP contribution < -0.4 is 5.32 Å². The lowest BCUT2D eigenvalue weighted by Gasteiger charge is -2.15. The highest BCUT2D eigenvalue weighted by molar-refractivity contribution is 7.71. The van der Waals surface area contributed by atoms with Gasteiger partial charge in [0.15, 0.2) is 4.77 Å². The second-order valence-corrected chi connectivity index (χ2v) is 7.40. The molecule has 10 heteroatoms. The average molecular weight is 445 g/mol. The Bertz CT molecular complexity index is 1290. The Labute approximate surface area is 180 Å². The minimum absolute atomic E-state index is 0.0796. The molecule has 1 amide bonds. The van der Waals surface area contributed by atoms with Gasteiger partial charge in [-0.1, -0.05) is 19.1 Å². The first-order valence-electron chi connectivity index (χ1n) is 9.46. The topological polar surface area (TPSA) is 67.6 Å². The summed E-state index contributed by atoms with van der Waals surface area (Å²) in [4.78, 5) is 19.9. The van der Waals surface area contributed by atoms with E-state index >= 15 is 0 Å². The maximum Gasteiger partial charge on any atom is 0.320 e. The van der Waals surface area contributed by atoms with Crippen molar-refractivity contribution in [2.45, 2.75) is 19.4 Å². The molecule has 2 aromatic heterocycles. The van der Waals surface area contributed by atoms with Crippen LogP contribution in [0.25, 0.3) is 16.7 Å². The summed E-state index contributed by atoms with van der Waals surface area (Å²) in [6, 6.07) is 12.2. The third-order valence-corrected chi connectivity index (χ3v) is 5.22. The van der Waals surface area contributed by atoms with E-state index in [1.54, 1.807) is 31.2 Å². The van der Waals surface area contributed by atoms with E-state index in [2.05, 4.69) is 15.3 Å². The number of nitrogens with one attached hydrogen (secondary N) is 2. The Morgan fingerprint density at radius 3 is 2.61 bits per heavy atom. The number of rotatable bonds is 6. The van der Waals surface area contributed by atoms with Gasteiger partial charge in [0.1, 0.15) is 17.3 Å². The number of carbonyl (C=O) groups excluding carboxylic acids is 1. The fourth-order valence-corrected chi connectivity index (χ4v) is 3.69. The molecule has 2 N–H and O–H groups in total. The van der Waals surface area contributed by atoms with Gasteiger partial charge in [0.25, 0.3) is 5.91 Å². The molecule has 0 radical (unpaired) electrons.